The van der Waals surface area contributed by atoms with Crippen LogP contribution in [0.15, 0.2) is 43.0 Å². The summed E-state index contributed by atoms with van der Waals surface area (Å²) in [6, 6.07) is 11.2. The molecule has 0 radical (unpaired) electrons. The van der Waals surface area contributed by atoms with Gasteiger partial charge in [0.05, 0.1) is 0 Å². The zero-order chi connectivity index (χ0) is 13.8. The monoisotopic (exact) mass is 268 g/mol. The highest BCUT2D eigenvalue weighted by molar-refractivity contribution is 5.19. The van der Waals surface area contributed by atoms with Crippen LogP contribution in [-0.4, -0.2) is 0 Å². The minimum atomic E-state index is 0.812. The molecule has 0 nitrogen and oxygen atoms in total. The third kappa shape index (κ3) is 3.16. The van der Waals surface area contributed by atoms with Gasteiger partial charge in [-0.15, -0.1) is 6.58 Å². The van der Waals surface area contributed by atoms with Crippen molar-refractivity contribution in [3.63, 3.8) is 0 Å². The van der Waals surface area contributed by atoms with E-state index in [4.69, 9.17) is 0 Å². The van der Waals surface area contributed by atoms with Gasteiger partial charge in [0.15, 0.2) is 0 Å². The van der Waals surface area contributed by atoms with E-state index in [9.17, 15) is 0 Å². The summed E-state index contributed by atoms with van der Waals surface area (Å²) in [4.78, 5) is 0. The molecule has 0 spiro atoms. The second-order valence-electron chi connectivity index (χ2n) is 6.93. The van der Waals surface area contributed by atoms with E-state index >= 15 is 0 Å². The average Bonchev–Trinajstić information content (AvgIpc) is 2.56. The van der Waals surface area contributed by atoms with Crippen LogP contribution in [0.2, 0.25) is 0 Å². The van der Waals surface area contributed by atoms with Crippen LogP contribution < -0.4 is 0 Å². The Kier molecular flexibility index (Phi) is 4.60. The summed E-state index contributed by atoms with van der Waals surface area (Å²) < 4.78 is 0. The summed E-state index contributed by atoms with van der Waals surface area (Å²) in [5.74, 6) is 3.67. The maximum Gasteiger partial charge on any atom is -0.0162 e. The Morgan fingerprint density at radius 1 is 0.750 bits per heavy atom. The molecule has 3 rings (SSSR count). The molecule has 0 aromatic heterocycles. The third-order valence-corrected chi connectivity index (χ3v) is 5.86. The zero-order valence-electron chi connectivity index (χ0n) is 12.6. The molecule has 2 saturated carbocycles. The first-order valence-corrected chi connectivity index (χ1v) is 8.54. The quantitative estimate of drug-likeness (QED) is 0.594. The van der Waals surface area contributed by atoms with Crippen LogP contribution in [0.5, 0.6) is 0 Å². The highest BCUT2D eigenvalue weighted by Gasteiger charge is 2.30. The third-order valence-electron chi connectivity index (χ3n) is 5.86. The fraction of sp³-hybridized carbons (Fsp3) is 0.600. The molecule has 108 valence electrons. The molecule has 0 atom stereocenters. The molecule has 0 aliphatic heterocycles. The van der Waals surface area contributed by atoms with Crippen molar-refractivity contribution in [3.8, 4) is 0 Å². The number of hydrogen-bond donors (Lipinski definition) is 0. The van der Waals surface area contributed by atoms with Crippen molar-refractivity contribution in [1.29, 1.82) is 0 Å². The Labute approximate surface area is 124 Å². The van der Waals surface area contributed by atoms with Gasteiger partial charge in [-0.3, -0.25) is 0 Å². The summed E-state index contributed by atoms with van der Waals surface area (Å²) in [6.07, 6.45) is 13.6. The smallest absolute Gasteiger partial charge is 0.0162 e. The van der Waals surface area contributed by atoms with Crippen molar-refractivity contribution in [3.05, 3.63) is 48.6 Å². The normalized spacial score (nSPS) is 34.6. The summed E-state index contributed by atoms with van der Waals surface area (Å²) >= 11 is 0. The standard InChI is InChI=1S/C20H28/c1-2-16-8-10-18(11-9-16)20-14-12-19(13-15-20)17-6-4-3-5-7-17/h2-7,16,18-20H,1,8-15H2. The van der Waals surface area contributed by atoms with Crippen LogP contribution in [0.1, 0.15) is 62.8 Å². The molecule has 0 amide bonds. The Hall–Kier alpha value is -1.04. The fourth-order valence-corrected chi connectivity index (χ4v) is 4.50. The highest BCUT2D eigenvalue weighted by atomic mass is 14.4. The van der Waals surface area contributed by atoms with Gasteiger partial charge in [-0.2, -0.15) is 0 Å². The van der Waals surface area contributed by atoms with E-state index < -0.39 is 0 Å². The van der Waals surface area contributed by atoms with Gasteiger partial charge in [0.2, 0.25) is 0 Å². The summed E-state index contributed by atoms with van der Waals surface area (Å²) in [5.41, 5.74) is 1.57. The molecule has 0 heteroatoms. The van der Waals surface area contributed by atoms with Crippen LogP contribution in [0.3, 0.4) is 0 Å². The van der Waals surface area contributed by atoms with Gasteiger partial charge in [-0.25, -0.2) is 0 Å². The van der Waals surface area contributed by atoms with Gasteiger partial charge in [0.1, 0.15) is 0 Å². The van der Waals surface area contributed by atoms with Gasteiger partial charge in [-0.05, 0) is 80.6 Å². The maximum atomic E-state index is 3.97. The lowest BCUT2D eigenvalue weighted by Gasteiger charge is -2.37. The zero-order valence-corrected chi connectivity index (χ0v) is 12.6. The predicted molar refractivity (Wildman–Crippen MR) is 86.8 cm³/mol. The van der Waals surface area contributed by atoms with Gasteiger partial charge in [0, 0.05) is 0 Å². The number of hydrogen-bond acceptors (Lipinski definition) is 0. The first-order chi connectivity index (χ1) is 9.86. The fourth-order valence-electron chi connectivity index (χ4n) is 4.50. The lowest BCUT2D eigenvalue weighted by molar-refractivity contribution is 0.171. The first kappa shape index (κ1) is 13.9. The van der Waals surface area contributed by atoms with E-state index in [2.05, 4.69) is 43.0 Å². The van der Waals surface area contributed by atoms with Crippen LogP contribution >= 0.6 is 0 Å². The van der Waals surface area contributed by atoms with Gasteiger partial charge >= 0.3 is 0 Å². The molecule has 0 bridgehead atoms. The van der Waals surface area contributed by atoms with Crippen molar-refractivity contribution < 1.29 is 0 Å². The second kappa shape index (κ2) is 6.61. The molecule has 1 aromatic rings. The summed E-state index contributed by atoms with van der Waals surface area (Å²) in [5, 5.41) is 0. The maximum absolute atomic E-state index is 3.97. The molecule has 0 saturated heterocycles. The number of rotatable bonds is 3. The first-order valence-electron chi connectivity index (χ1n) is 8.54. The average molecular weight is 268 g/mol. The Balaban J connectivity index is 1.50. The topological polar surface area (TPSA) is 0 Å². The molecule has 20 heavy (non-hydrogen) atoms. The van der Waals surface area contributed by atoms with E-state index in [0.717, 1.165) is 23.7 Å². The second-order valence-corrected chi connectivity index (χ2v) is 6.93. The lowest BCUT2D eigenvalue weighted by Crippen LogP contribution is -2.25. The molecule has 0 heterocycles. The van der Waals surface area contributed by atoms with Crippen molar-refractivity contribution in [2.45, 2.75) is 57.3 Å². The molecule has 2 aliphatic carbocycles. The van der Waals surface area contributed by atoms with Crippen LogP contribution in [0, 0.1) is 17.8 Å². The Bertz CT molecular complexity index is 403. The largest absolute Gasteiger partial charge is 0.103 e. The van der Waals surface area contributed by atoms with Gasteiger partial charge in [0.25, 0.3) is 0 Å². The highest BCUT2D eigenvalue weighted by Crippen LogP contribution is 2.43. The summed E-state index contributed by atoms with van der Waals surface area (Å²) in [6.45, 7) is 3.97. The van der Waals surface area contributed by atoms with E-state index in [0.29, 0.717) is 0 Å². The molecular weight excluding hydrogens is 240 g/mol. The summed E-state index contributed by atoms with van der Waals surface area (Å²) in [7, 11) is 0. The van der Waals surface area contributed by atoms with E-state index in [1.807, 2.05) is 0 Å². The van der Waals surface area contributed by atoms with Crippen LogP contribution in [0.4, 0.5) is 0 Å². The van der Waals surface area contributed by atoms with E-state index in [1.54, 1.807) is 5.56 Å². The lowest BCUT2D eigenvalue weighted by atomic mass is 9.68. The van der Waals surface area contributed by atoms with Gasteiger partial charge in [-0.1, -0.05) is 36.4 Å². The number of allylic oxidation sites excluding steroid dienone is 1. The molecule has 1 aromatic carbocycles. The van der Waals surface area contributed by atoms with Crippen LogP contribution in [-0.2, 0) is 0 Å². The van der Waals surface area contributed by atoms with Gasteiger partial charge < -0.3 is 0 Å². The van der Waals surface area contributed by atoms with Crippen molar-refractivity contribution in [1.82, 2.24) is 0 Å². The Morgan fingerprint density at radius 3 is 1.85 bits per heavy atom. The number of benzene rings is 1. The van der Waals surface area contributed by atoms with Crippen molar-refractivity contribution in [2.24, 2.45) is 17.8 Å². The SMILES string of the molecule is C=CC1CCC(C2CCC(c3ccccc3)CC2)CC1. The van der Waals surface area contributed by atoms with Crippen LogP contribution in [0.25, 0.3) is 0 Å². The van der Waals surface area contributed by atoms with E-state index in [1.165, 1.54) is 51.4 Å². The van der Waals surface area contributed by atoms with Crippen molar-refractivity contribution >= 4 is 0 Å². The molecule has 2 aliphatic rings. The molecule has 2 fully saturated rings. The Morgan fingerprint density at radius 2 is 1.30 bits per heavy atom. The van der Waals surface area contributed by atoms with E-state index in [-0.39, 0.29) is 0 Å². The molecule has 0 N–H and O–H groups in total. The predicted octanol–water partition coefficient (Wildman–Crippen LogP) is 5.95. The minimum absolute atomic E-state index is 0.812. The van der Waals surface area contributed by atoms with Crippen molar-refractivity contribution in [2.75, 3.05) is 0 Å². The minimum Gasteiger partial charge on any atom is -0.103 e. The molecule has 0 unspecified atom stereocenters. The molecular formula is C20H28.